The van der Waals surface area contributed by atoms with Crippen LogP contribution in [0.2, 0.25) is 0 Å². The van der Waals surface area contributed by atoms with E-state index in [0.717, 1.165) is 4.90 Å². The quantitative estimate of drug-likeness (QED) is 0.604. The Labute approximate surface area is 111 Å². The molecule has 1 amide bonds. The summed E-state index contributed by atoms with van der Waals surface area (Å²) in [6.45, 7) is 8.02. The summed E-state index contributed by atoms with van der Waals surface area (Å²) in [6.07, 6.45) is -1.34. The molecule has 0 spiro atoms. The van der Waals surface area contributed by atoms with E-state index in [0.29, 0.717) is 0 Å². The van der Waals surface area contributed by atoms with Gasteiger partial charge in [-0.3, -0.25) is 9.69 Å². The van der Waals surface area contributed by atoms with Crippen molar-refractivity contribution in [1.29, 1.82) is 0 Å². The van der Waals surface area contributed by atoms with E-state index in [1.54, 1.807) is 13.8 Å². The van der Waals surface area contributed by atoms with Crippen molar-refractivity contribution in [2.75, 3.05) is 6.54 Å². The van der Waals surface area contributed by atoms with Gasteiger partial charge in [-0.2, -0.15) is 0 Å². The van der Waals surface area contributed by atoms with Crippen LogP contribution in [0.25, 0.3) is 0 Å². The molecule has 0 aromatic carbocycles. The lowest BCUT2D eigenvalue weighted by atomic mass is 10.2. The lowest BCUT2D eigenvalue weighted by Gasteiger charge is -2.23. The Bertz CT molecular complexity index is 386. The average Bonchev–Trinajstić information content (AvgIpc) is 2.57. The van der Waals surface area contributed by atoms with Crippen LogP contribution in [0.1, 0.15) is 27.2 Å². The second-order valence-electron chi connectivity index (χ2n) is 5.10. The molecular formula is C12H18NO6+. The van der Waals surface area contributed by atoms with Crippen LogP contribution in [0.5, 0.6) is 0 Å². The van der Waals surface area contributed by atoms with E-state index in [1.807, 2.05) is 0 Å². The van der Waals surface area contributed by atoms with Crippen molar-refractivity contribution < 1.29 is 29.0 Å². The van der Waals surface area contributed by atoms with Gasteiger partial charge in [0.15, 0.2) is 0 Å². The second kappa shape index (κ2) is 5.38. The van der Waals surface area contributed by atoms with Crippen LogP contribution in [-0.4, -0.2) is 52.3 Å². The highest BCUT2D eigenvalue weighted by molar-refractivity contribution is 5.81. The van der Waals surface area contributed by atoms with Crippen molar-refractivity contribution in [2.24, 2.45) is 0 Å². The van der Waals surface area contributed by atoms with Crippen LogP contribution >= 0.6 is 0 Å². The van der Waals surface area contributed by atoms with Crippen molar-refractivity contribution in [3.63, 3.8) is 0 Å². The molecule has 1 heterocycles. The van der Waals surface area contributed by atoms with Crippen molar-refractivity contribution >= 4 is 18.0 Å². The first kappa shape index (κ1) is 15.1. The van der Waals surface area contributed by atoms with Crippen molar-refractivity contribution in [2.45, 2.75) is 44.9 Å². The molecule has 2 atom stereocenters. The Morgan fingerprint density at radius 2 is 1.95 bits per heavy atom. The number of rotatable bonds is 3. The largest absolute Gasteiger partial charge is 0.480 e. The molecule has 0 aliphatic carbocycles. The summed E-state index contributed by atoms with van der Waals surface area (Å²) >= 11 is 0. The fraction of sp³-hybridized carbons (Fsp3) is 0.667. The number of carboxylic acid groups (broad SMARTS) is 1. The maximum atomic E-state index is 11.9. The number of nitrogens with zero attached hydrogens (tertiary/aromatic N) is 1. The fourth-order valence-electron chi connectivity index (χ4n) is 1.85. The Morgan fingerprint density at radius 3 is 2.37 bits per heavy atom. The number of likely N-dealkylation sites (tertiary alicyclic amines) is 1. The van der Waals surface area contributed by atoms with Crippen LogP contribution in [-0.2, 0) is 19.1 Å². The van der Waals surface area contributed by atoms with Crippen molar-refractivity contribution in [3.05, 3.63) is 6.92 Å². The highest BCUT2D eigenvalue weighted by Crippen LogP contribution is 2.23. The number of hydrogen-bond acceptors (Lipinski definition) is 5. The van der Waals surface area contributed by atoms with E-state index in [-0.39, 0.29) is 13.0 Å². The van der Waals surface area contributed by atoms with Crippen LogP contribution < -0.4 is 0 Å². The van der Waals surface area contributed by atoms with Gasteiger partial charge in [-0.05, 0) is 0 Å². The molecule has 0 aromatic heterocycles. The normalized spacial score (nSPS) is 23.0. The molecule has 106 valence electrons. The van der Waals surface area contributed by atoms with Gasteiger partial charge in [-0.15, -0.1) is 0 Å². The number of carbonyl (C=O) groups excluding carboxylic acids is 2. The van der Waals surface area contributed by atoms with E-state index >= 15 is 0 Å². The first-order chi connectivity index (χ1) is 8.60. The number of aliphatic carboxylic acids is 1. The third kappa shape index (κ3) is 4.35. The van der Waals surface area contributed by atoms with Crippen LogP contribution in [0.3, 0.4) is 0 Å². The molecule has 1 saturated heterocycles. The Hall–Kier alpha value is -1.92. The molecule has 1 aliphatic rings. The van der Waals surface area contributed by atoms with Crippen LogP contribution in [0.15, 0.2) is 0 Å². The number of amides is 1. The number of hydrogen-bond donors (Lipinski definition) is 1. The first-order valence-corrected chi connectivity index (χ1v) is 5.85. The maximum Gasteiger partial charge on any atom is 0.414 e. The van der Waals surface area contributed by atoms with E-state index < -0.39 is 35.8 Å². The maximum absolute atomic E-state index is 11.9. The summed E-state index contributed by atoms with van der Waals surface area (Å²) in [5.74, 6) is -1.67. The first-order valence-electron chi connectivity index (χ1n) is 5.85. The summed E-state index contributed by atoms with van der Waals surface area (Å²) < 4.78 is 9.96. The predicted molar refractivity (Wildman–Crippen MR) is 64.2 cm³/mol. The Morgan fingerprint density at radius 1 is 1.37 bits per heavy atom. The number of esters is 1. The van der Waals surface area contributed by atoms with E-state index in [2.05, 4.69) is 6.92 Å². The van der Waals surface area contributed by atoms with Gasteiger partial charge in [0.1, 0.15) is 19.1 Å². The zero-order valence-corrected chi connectivity index (χ0v) is 11.2. The Balaban J connectivity index is 2.76. The van der Waals surface area contributed by atoms with Gasteiger partial charge < -0.3 is 14.6 Å². The third-order valence-corrected chi connectivity index (χ3v) is 2.48. The van der Waals surface area contributed by atoms with E-state index in [9.17, 15) is 14.4 Å². The SMILES string of the molecule is [CH2+]C(C)(C)OC(=O)N1C[C@H](OC(C)=O)C[C@H]1C(=O)O. The molecule has 7 nitrogen and oxygen atoms in total. The molecule has 0 radical (unpaired) electrons. The smallest absolute Gasteiger partial charge is 0.414 e. The number of carbonyl (C=O) groups is 3. The zero-order chi connectivity index (χ0) is 14.8. The minimum Gasteiger partial charge on any atom is -0.480 e. The summed E-state index contributed by atoms with van der Waals surface area (Å²) in [7, 11) is 0. The standard InChI is InChI=1S/C12H17NO6/c1-7(14)18-8-5-9(10(15)16)13(6-8)11(17)19-12(2,3)4/h8-9H,2,5-6H2,1,3-4H3/p+1/t8-,9+/m1/s1. The lowest BCUT2D eigenvalue weighted by molar-refractivity contribution is -0.146. The monoisotopic (exact) mass is 272 g/mol. The molecule has 0 saturated carbocycles. The average molecular weight is 272 g/mol. The molecule has 1 N–H and O–H groups in total. The molecule has 19 heavy (non-hydrogen) atoms. The molecule has 0 aromatic rings. The lowest BCUT2D eigenvalue weighted by Crippen LogP contribution is -2.43. The van der Waals surface area contributed by atoms with Crippen molar-refractivity contribution in [3.8, 4) is 0 Å². The summed E-state index contributed by atoms with van der Waals surface area (Å²) in [5, 5.41) is 9.08. The highest BCUT2D eigenvalue weighted by atomic mass is 16.6. The van der Waals surface area contributed by atoms with E-state index in [4.69, 9.17) is 14.6 Å². The van der Waals surface area contributed by atoms with Gasteiger partial charge in [0.05, 0.1) is 6.54 Å². The van der Waals surface area contributed by atoms with Crippen molar-refractivity contribution in [1.82, 2.24) is 4.90 Å². The summed E-state index contributed by atoms with van der Waals surface area (Å²) in [5.41, 5.74) is -0.959. The molecule has 1 rings (SSSR count). The van der Waals surface area contributed by atoms with Gasteiger partial charge in [0.25, 0.3) is 0 Å². The number of carboxylic acids is 1. The second-order valence-corrected chi connectivity index (χ2v) is 5.10. The molecule has 0 bridgehead atoms. The number of ether oxygens (including phenoxy) is 2. The molecule has 1 aliphatic heterocycles. The zero-order valence-electron chi connectivity index (χ0n) is 11.2. The fourth-order valence-corrected chi connectivity index (χ4v) is 1.85. The van der Waals surface area contributed by atoms with Gasteiger partial charge in [-0.25, -0.2) is 9.59 Å². The van der Waals surface area contributed by atoms with E-state index in [1.165, 1.54) is 6.92 Å². The highest BCUT2D eigenvalue weighted by Gasteiger charge is 2.43. The van der Waals surface area contributed by atoms with Gasteiger partial charge in [0.2, 0.25) is 5.60 Å². The van der Waals surface area contributed by atoms with Crippen LogP contribution in [0.4, 0.5) is 4.79 Å². The molecule has 7 heteroatoms. The third-order valence-electron chi connectivity index (χ3n) is 2.48. The molecule has 1 fully saturated rings. The Kier molecular flexibility index (Phi) is 4.28. The molecular weight excluding hydrogens is 254 g/mol. The summed E-state index contributed by atoms with van der Waals surface area (Å²) in [6, 6.07) is -1.06. The minimum atomic E-state index is -1.16. The van der Waals surface area contributed by atoms with Gasteiger partial charge in [0, 0.05) is 27.2 Å². The summed E-state index contributed by atoms with van der Waals surface area (Å²) in [4.78, 5) is 34.9. The van der Waals surface area contributed by atoms with Crippen LogP contribution in [0, 0.1) is 6.92 Å². The van der Waals surface area contributed by atoms with Gasteiger partial charge >= 0.3 is 18.0 Å². The predicted octanol–water partition coefficient (Wildman–Crippen LogP) is 0.826. The minimum absolute atomic E-state index is 0.00542. The van der Waals surface area contributed by atoms with Gasteiger partial charge in [-0.1, -0.05) is 0 Å². The molecule has 0 unspecified atom stereocenters. The topological polar surface area (TPSA) is 93.1 Å².